The van der Waals surface area contributed by atoms with E-state index in [9.17, 15) is 86.2 Å². The molecule has 7 amide bonds. The molecule has 135 heavy (non-hydrogen) atoms. The fourth-order valence-electron chi connectivity index (χ4n) is 14.7. The molecule has 0 radical (unpaired) electrons. The minimum absolute atomic E-state index is 0. The Balaban J connectivity index is 0.000000331. The number of halogens is 16. The molecule has 3 saturated heterocycles. The second kappa shape index (κ2) is 42.8. The maximum absolute atomic E-state index is 12.9. The van der Waals surface area contributed by atoms with Crippen molar-refractivity contribution in [2.24, 2.45) is 0 Å². The zero-order valence-electron chi connectivity index (χ0n) is 71.3. The highest BCUT2D eigenvalue weighted by Gasteiger charge is 2.47. The van der Waals surface area contributed by atoms with Crippen molar-refractivity contribution in [1.29, 1.82) is 0 Å². The quantitative estimate of drug-likeness (QED) is 0.0225. The van der Waals surface area contributed by atoms with Crippen LogP contribution >= 0.6 is 46.4 Å². The van der Waals surface area contributed by atoms with Crippen molar-refractivity contribution < 1.29 is 107 Å². The Hall–Kier alpha value is -13.6. The van der Waals surface area contributed by atoms with Crippen LogP contribution in [-0.4, -0.2) is 288 Å². The Morgan fingerprint density at radius 1 is 0.444 bits per heavy atom. The number of piperazine rings is 3. The molecule has 12 aromatic heterocycles. The molecule has 9 N–H and O–H groups in total. The number of carbonyl (C=O) groups excluding carboxylic acids is 7. The van der Waals surface area contributed by atoms with Crippen molar-refractivity contribution in [3.63, 3.8) is 0 Å². The lowest BCUT2D eigenvalue weighted by molar-refractivity contribution is -0.142. The molecule has 0 unspecified atom stereocenters. The third-order valence-corrected chi connectivity index (χ3v) is 22.2. The van der Waals surface area contributed by atoms with Gasteiger partial charge in [-0.05, 0) is 75.1 Å². The summed E-state index contributed by atoms with van der Waals surface area (Å²) in [5, 5.41) is 15.1. The summed E-state index contributed by atoms with van der Waals surface area (Å²) in [7, 11) is 0. The van der Waals surface area contributed by atoms with Gasteiger partial charge in [0.1, 0.15) is 96.2 Å². The van der Waals surface area contributed by atoms with Crippen LogP contribution < -0.4 is 41.3 Å². The molecule has 37 nitrogen and oxygen atoms in total. The highest BCUT2D eigenvalue weighted by atomic mass is 35.5. The van der Waals surface area contributed by atoms with Gasteiger partial charge in [-0.3, -0.25) is 24.0 Å². The molecule has 16 rings (SSSR count). The van der Waals surface area contributed by atoms with Gasteiger partial charge in [-0.2, -0.15) is 57.7 Å². The largest absolute Gasteiger partial charge is 0.450 e. The lowest BCUT2D eigenvalue weighted by Crippen LogP contribution is -2.61. The van der Waals surface area contributed by atoms with Gasteiger partial charge in [0, 0.05) is 169 Å². The van der Waals surface area contributed by atoms with Crippen molar-refractivity contribution >= 4 is 156 Å². The smallest absolute Gasteiger partial charge is 0.409 e. The Labute approximate surface area is 788 Å². The van der Waals surface area contributed by atoms with Gasteiger partial charge in [-0.15, -0.1) is 0 Å². The maximum Gasteiger partial charge on any atom is 0.409 e. The van der Waals surface area contributed by atoms with Crippen LogP contribution in [0.1, 0.15) is 70.7 Å². The first-order chi connectivity index (χ1) is 64.2. The molecule has 0 bridgehead atoms. The van der Waals surface area contributed by atoms with Crippen molar-refractivity contribution in [1.82, 2.24) is 121 Å². The van der Waals surface area contributed by atoms with E-state index >= 15 is 0 Å². The Kier molecular flexibility index (Phi) is 31.3. The van der Waals surface area contributed by atoms with E-state index in [1.165, 1.54) is 64.4 Å². The first-order valence-corrected chi connectivity index (χ1v) is 43.0. The number of pyridine rings is 4. The Bertz CT molecular complexity index is 6310. The van der Waals surface area contributed by atoms with E-state index in [1.54, 1.807) is 95.8 Å². The summed E-state index contributed by atoms with van der Waals surface area (Å²) in [5.74, 6) is -1.19. The predicted molar refractivity (Wildman–Crippen MR) is 486 cm³/mol. The molecule has 1 aliphatic carbocycles. The molecule has 1 saturated carbocycles. The van der Waals surface area contributed by atoms with Crippen LogP contribution in [-0.2, 0) is 33.4 Å². The number of aromatic nitrogens is 17. The summed E-state index contributed by atoms with van der Waals surface area (Å²) < 4.78 is 162. The van der Waals surface area contributed by atoms with Gasteiger partial charge in [0.15, 0.2) is 23.3 Å². The predicted octanol–water partition coefficient (Wildman–Crippen LogP) is 14.6. The van der Waals surface area contributed by atoms with Gasteiger partial charge >= 0.3 is 36.9 Å². The molecule has 732 valence electrons. The topological polar surface area (TPSA) is 448 Å². The first-order valence-electron chi connectivity index (χ1n) is 41.5. The summed E-state index contributed by atoms with van der Waals surface area (Å²) in [6.07, 6.45) is 2.17. The van der Waals surface area contributed by atoms with Crippen molar-refractivity contribution in [3.8, 4) is 45.6 Å². The van der Waals surface area contributed by atoms with Crippen LogP contribution in [0.5, 0.6) is 0 Å². The van der Waals surface area contributed by atoms with E-state index in [0.29, 0.717) is 159 Å². The standard InChI is InChI=1S/C23H25ClF3N7O3.C21H21ClF3N7O3.C21H21ClF3N7O2.C17H15ClF3N7O.8H2/c1-2-3-8-37-22(36)33-6-7-34(17(12-33)21(35)31-13-23(25,26)27)18-4-5-28-20(32-18)16-11-30-19-15(16)9-14(24)10-29-19;1-2-35-20(34)31-5-6-32(15(10-31)19(33)29-11-21(23,24)25)16-3-4-26-18(30-16)14-9-28-17-13(14)7-12(22)8-27-17;1-2-17(33)31-5-6-32(15(10-31)20(34)29-11-21(23,24)25)16-3-4-26-19(30-16)14-9-28-18-13(14)7-12(22)8-27-18;18-9-4-10-11(6-23-12(10)22-5-9)13-25-8-26-15(27-13)28-16(2-1-3-16)14(29)24-7-17(19,20)21;;;;;;;;/h4-5,9-11,17H,2-3,6-8,12-13H2,1H3,(H,29,30)(H,31,35);3-4,7-9,15H,2,5-6,10-11H2,1H3,(H,27,28)(H,29,33);3-4,7-9,15H,2,5-6,10-11H2,1H3,(H,27,28)(H,29,34);4-6,8H,1-3,7H2,(H,22,23)(H,24,29)(H,25,26,27,28);8*1H/t17-;2*15-;;;;;;;;;/m000........./s1. The summed E-state index contributed by atoms with van der Waals surface area (Å²) in [5.41, 5.74) is 3.65. The molecule has 53 heteroatoms. The van der Waals surface area contributed by atoms with Crippen LogP contribution in [0.25, 0.3) is 89.7 Å². The van der Waals surface area contributed by atoms with Crippen LogP contribution in [0.15, 0.2) is 117 Å². The molecule has 12 aromatic rings. The van der Waals surface area contributed by atoms with Gasteiger partial charge in [-0.1, -0.05) is 66.7 Å². The number of rotatable bonds is 22. The molecule has 3 aliphatic heterocycles. The molecular weight excluding hydrogens is 1890 g/mol. The summed E-state index contributed by atoms with van der Waals surface area (Å²) in [6.45, 7) is 0.586. The van der Waals surface area contributed by atoms with Crippen LogP contribution in [0.3, 0.4) is 0 Å². The number of nitrogens with one attached hydrogen (secondary N) is 9. The molecule has 4 aliphatic rings. The number of amides is 7. The average Bonchev–Trinajstić information content (AvgIpc) is 1.76. The van der Waals surface area contributed by atoms with E-state index in [4.69, 9.17) is 55.9 Å². The van der Waals surface area contributed by atoms with Crippen molar-refractivity contribution in [2.45, 2.75) is 108 Å². The molecule has 4 fully saturated rings. The third kappa shape index (κ3) is 25.3. The first kappa shape index (κ1) is 98.9. The zero-order chi connectivity index (χ0) is 96.8. The molecule has 0 aromatic carbocycles. The molecule has 15 heterocycles. The Morgan fingerprint density at radius 2 is 0.785 bits per heavy atom. The SMILES string of the molecule is CCC(=O)N1CCN(c2ccnc(-c3c[nH]c4ncc(Cl)cc34)n2)[C@H](C(=O)NCC(F)(F)F)C1.CCCCOC(=O)N1CCN(c2ccnc(-c3c[nH]c4ncc(Cl)cc34)n2)[C@H](C(=O)NCC(F)(F)F)C1.CCOC(=O)N1CCN(c2ccnc(-c3c[nH]c4ncc(Cl)cc34)n2)[C@H](C(=O)NCC(F)(F)F)C1.O=C(NCC(F)(F)F)C1(Nc2ncnc(-c3c[nH]c4ncc(Cl)cc34)n2)CCC1.[HH].[HH].[HH].[HH].[HH].[HH].[HH].[HH]. The Morgan fingerprint density at radius 3 is 1.12 bits per heavy atom. The number of hydrogen-bond donors (Lipinski definition) is 9. The normalized spacial score (nSPS) is 16.3. The van der Waals surface area contributed by atoms with E-state index in [0.717, 1.165) is 6.42 Å². The molecule has 0 spiro atoms. The van der Waals surface area contributed by atoms with Gasteiger partial charge in [0.25, 0.3) is 0 Å². The van der Waals surface area contributed by atoms with E-state index < -0.39 is 110 Å². The third-order valence-electron chi connectivity index (χ3n) is 21.4. The fourth-order valence-corrected chi connectivity index (χ4v) is 15.3. The number of fused-ring (bicyclic) bond motifs is 4. The number of nitrogens with zero attached hydrogens (tertiary/aromatic N) is 19. The van der Waals surface area contributed by atoms with E-state index in [1.807, 2.05) is 28.2 Å². The lowest BCUT2D eigenvalue weighted by atomic mass is 9.76. The van der Waals surface area contributed by atoms with Crippen molar-refractivity contribution in [3.05, 3.63) is 137 Å². The second-order valence-corrected chi connectivity index (χ2v) is 32.3. The maximum atomic E-state index is 12.9. The molecular formula is C82H98Cl4F12N28O9. The minimum atomic E-state index is -4.58. The van der Waals surface area contributed by atoms with Crippen LogP contribution in [0, 0.1) is 0 Å². The fraction of sp³-hybridized carbons (Fsp3) is 0.390. The lowest BCUT2D eigenvalue weighted by Gasteiger charge is -2.41. The number of hydrogen-bond acceptors (Lipinski definition) is 26. The number of unbranched alkanes of at least 4 members (excludes halogenated alkanes) is 1. The van der Waals surface area contributed by atoms with Crippen molar-refractivity contribution in [2.75, 3.05) is 118 Å². The summed E-state index contributed by atoms with van der Waals surface area (Å²) >= 11 is 24.2. The average molecular weight is 1990 g/mol. The van der Waals surface area contributed by atoms with Crippen LogP contribution in [0.4, 0.5) is 85.7 Å². The number of aromatic amines is 4. The second-order valence-electron chi connectivity index (χ2n) is 30.6. The number of ether oxygens (including phenoxy) is 2. The molecule has 3 atom stereocenters. The summed E-state index contributed by atoms with van der Waals surface area (Å²) in [4.78, 5) is 164. The number of carbonyl (C=O) groups is 7. The summed E-state index contributed by atoms with van der Waals surface area (Å²) in [6, 6.07) is 8.22. The highest BCUT2D eigenvalue weighted by molar-refractivity contribution is 6.32. The minimum Gasteiger partial charge on any atom is -0.450 e. The monoisotopic (exact) mass is 1990 g/mol. The van der Waals surface area contributed by atoms with E-state index in [-0.39, 0.29) is 95.3 Å². The number of alkyl halides is 12. The zero-order valence-corrected chi connectivity index (χ0v) is 74.3. The van der Waals surface area contributed by atoms with E-state index in [2.05, 4.69) is 90.0 Å². The van der Waals surface area contributed by atoms with Gasteiger partial charge in [0.05, 0.1) is 52.9 Å². The number of anilines is 4. The number of H-pyrrole nitrogens is 4. The van der Waals surface area contributed by atoms with Crippen LogP contribution in [0.2, 0.25) is 20.1 Å². The van der Waals surface area contributed by atoms with Gasteiger partial charge < -0.3 is 85.4 Å². The van der Waals surface area contributed by atoms with Gasteiger partial charge in [-0.25, -0.2) is 69.4 Å². The highest BCUT2D eigenvalue weighted by Crippen LogP contribution is 2.38. The van der Waals surface area contributed by atoms with Gasteiger partial charge in [0.2, 0.25) is 35.5 Å².